The summed E-state index contributed by atoms with van der Waals surface area (Å²) in [6, 6.07) is 7.55. The second kappa shape index (κ2) is 8.99. The summed E-state index contributed by atoms with van der Waals surface area (Å²) >= 11 is 7.68. The van der Waals surface area contributed by atoms with Crippen molar-refractivity contribution >= 4 is 45.8 Å². The van der Waals surface area contributed by atoms with E-state index in [1.165, 1.54) is 16.8 Å². The van der Waals surface area contributed by atoms with Gasteiger partial charge >= 0.3 is 0 Å². The Labute approximate surface area is 187 Å². The van der Waals surface area contributed by atoms with Crippen molar-refractivity contribution in [1.29, 1.82) is 0 Å². The van der Waals surface area contributed by atoms with Gasteiger partial charge < -0.3 is 10.6 Å². The number of carbonyl (C=O) groups is 1. The van der Waals surface area contributed by atoms with Gasteiger partial charge in [-0.2, -0.15) is 0 Å². The lowest BCUT2D eigenvalue weighted by atomic mass is 9.95. The molecule has 1 fully saturated rings. The molecular formula is C21H29ClN6OS. The first-order chi connectivity index (χ1) is 14.1. The summed E-state index contributed by atoms with van der Waals surface area (Å²) in [5, 5.41) is 2.52. The number of hydrogen-bond donors (Lipinski definition) is 2. The highest BCUT2D eigenvalue weighted by Gasteiger charge is 2.30. The lowest BCUT2D eigenvalue weighted by molar-refractivity contribution is -0.109. The van der Waals surface area contributed by atoms with E-state index in [4.69, 9.17) is 33.1 Å². The van der Waals surface area contributed by atoms with Crippen LogP contribution in [0.2, 0.25) is 5.02 Å². The number of aromatic nitrogens is 2. The van der Waals surface area contributed by atoms with Crippen LogP contribution in [0.25, 0.3) is 0 Å². The first-order valence-corrected chi connectivity index (χ1v) is 11.2. The van der Waals surface area contributed by atoms with Gasteiger partial charge in [0.2, 0.25) is 0 Å². The molecule has 162 valence electrons. The second-order valence-electron chi connectivity index (χ2n) is 8.54. The van der Waals surface area contributed by atoms with Crippen LogP contribution < -0.4 is 21.5 Å². The maximum absolute atomic E-state index is 11.5. The molecule has 1 aromatic heterocycles. The lowest BCUT2D eigenvalue weighted by Crippen LogP contribution is -2.34. The van der Waals surface area contributed by atoms with Gasteiger partial charge in [-0.25, -0.2) is 15.8 Å². The molecule has 0 bridgehead atoms. The Bertz CT molecular complexity index is 932. The Morgan fingerprint density at radius 2 is 2.03 bits per heavy atom. The van der Waals surface area contributed by atoms with Crippen LogP contribution in [0, 0.1) is 0 Å². The summed E-state index contributed by atoms with van der Waals surface area (Å²) in [7, 11) is 0. The van der Waals surface area contributed by atoms with Crippen molar-refractivity contribution in [3.05, 3.63) is 40.7 Å². The molecule has 4 N–H and O–H groups in total. The van der Waals surface area contributed by atoms with Crippen LogP contribution in [0.1, 0.15) is 45.5 Å². The second-order valence-corrected chi connectivity index (χ2v) is 10.4. The zero-order valence-corrected chi connectivity index (χ0v) is 19.4. The molecule has 0 amide bonds. The smallest absolute Gasteiger partial charge is 0.186 e. The van der Waals surface area contributed by atoms with Crippen LogP contribution >= 0.6 is 23.4 Å². The first kappa shape index (κ1) is 22.7. The summed E-state index contributed by atoms with van der Waals surface area (Å²) in [5.41, 5.74) is 7.56. The third-order valence-corrected chi connectivity index (χ3v) is 6.34. The van der Waals surface area contributed by atoms with Crippen LogP contribution in [0.4, 0.5) is 17.3 Å². The lowest BCUT2D eigenvalue weighted by Gasteiger charge is -2.28. The number of thioether (sulfide) groups is 1. The quantitative estimate of drug-likeness (QED) is 0.526. The van der Waals surface area contributed by atoms with Crippen molar-refractivity contribution in [3.63, 3.8) is 0 Å². The maximum atomic E-state index is 11.5. The molecular weight excluding hydrogens is 420 g/mol. The molecule has 0 radical (unpaired) electrons. The molecule has 0 aliphatic carbocycles. The predicted molar refractivity (Wildman–Crippen MR) is 126 cm³/mol. The summed E-state index contributed by atoms with van der Waals surface area (Å²) in [4.78, 5) is 23.1. The molecule has 2 heterocycles. The van der Waals surface area contributed by atoms with E-state index >= 15 is 0 Å². The van der Waals surface area contributed by atoms with E-state index in [-0.39, 0.29) is 15.8 Å². The van der Waals surface area contributed by atoms with Crippen LogP contribution in [-0.2, 0) is 16.8 Å². The van der Waals surface area contributed by atoms with E-state index in [2.05, 4.69) is 25.7 Å². The molecule has 1 unspecified atom stereocenters. The average Bonchev–Trinajstić information content (AvgIpc) is 3.10. The van der Waals surface area contributed by atoms with Gasteiger partial charge in [0.05, 0.1) is 6.54 Å². The number of halogens is 1. The van der Waals surface area contributed by atoms with Crippen molar-refractivity contribution < 1.29 is 4.79 Å². The van der Waals surface area contributed by atoms with Gasteiger partial charge in [0.15, 0.2) is 16.8 Å². The first-order valence-electron chi connectivity index (χ1n) is 9.92. The molecule has 1 aliphatic heterocycles. The van der Waals surface area contributed by atoms with Gasteiger partial charge in [-0.3, -0.25) is 9.80 Å². The summed E-state index contributed by atoms with van der Waals surface area (Å²) < 4.78 is 0. The number of carbonyl (C=O) groups excluding carboxylic acids is 1. The average molecular weight is 449 g/mol. The highest BCUT2D eigenvalue weighted by atomic mass is 35.5. The van der Waals surface area contributed by atoms with E-state index in [0.29, 0.717) is 41.3 Å². The Morgan fingerprint density at radius 3 is 2.67 bits per heavy atom. The van der Waals surface area contributed by atoms with Crippen molar-refractivity contribution in [3.8, 4) is 0 Å². The molecule has 9 heteroatoms. The Balaban J connectivity index is 1.96. The van der Waals surface area contributed by atoms with Crippen molar-refractivity contribution in [2.45, 2.75) is 51.3 Å². The highest BCUT2D eigenvalue weighted by Crippen LogP contribution is 2.36. The number of rotatable bonds is 5. The van der Waals surface area contributed by atoms with Crippen LogP contribution in [-0.4, -0.2) is 33.4 Å². The standard InChI is InChI=1S/C21H29ClN6OS/c1-13(29)30-15-9-10-27(12-15)18-17(23)19(26-20(25-18)21(2,3)4)28(24)11-14-7-5-6-8-16(14)22/h5-8,15H,9-12,23-24H2,1-4H3. The number of hydrazine groups is 1. The van der Waals surface area contributed by atoms with Gasteiger partial charge in [0.25, 0.3) is 0 Å². The predicted octanol–water partition coefficient (Wildman–Crippen LogP) is 3.75. The van der Waals surface area contributed by atoms with Crippen molar-refractivity contribution in [1.82, 2.24) is 9.97 Å². The molecule has 1 saturated heterocycles. The topological polar surface area (TPSA) is 101 Å². The Morgan fingerprint density at radius 1 is 1.33 bits per heavy atom. The number of anilines is 3. The molecule has 30 heavy (non-hydrogen) atoms. The van der Waals surface area contributed by atoms with Gasteiger partial charge in [-0.1, -0.05) is 62.3 Å². The minimum atomic E-state index is -0.282. The van der Waals surface area contributed by atoms with E-state index < -0.39 is 0 Å². The fourth-order valence-corrected chi connectivity index (χ4v) is 4.52. The van der Waals surface area contributed by atoms with Crippen LogP contribution in [0.15, 0.2) is 24.3 Å². The van der Waals surface area contributed by atoms with Gasteiger partial charge in [0.1, 0.15) is 11.5 Å². The van der Waals surface area contributed by atoms with Crippen LogP contribution in [0.5, 0.6) is 0 Å². The SMILES string of the molecule is CC(=O)SC1CCN(c2nc(C(C)(C)C)nc(N(N)Cc3ccccc3Cl)c2N)C1. The number of benzene rings is 1. The third-order valence-electron chi connectivity index (χ3n) is 4.92. The Hall–Kier alpha value is -2.03. The van der Waals surface area contributed by atoms with E-state index in [1.807, 2.05) is 24.3 Å². The minimum absolute atomic E-state index is 0.126. The number of hydrogen-bond acceptors (Lipinski definition) is 8. The fourth-order valence-electron chi connectivity index (χ4n) is 3.38. The molecule has 1 atom stereocenters. The van der Waals surface area contributed by atoms with Crippen molar-refractivity contribution in [2.24, 2.45) is 5.84 Å². The normalized spacial score (nSPS) is 16.7. The highest BCUT2D eigenvalue weighted by molar-refractivity contribution is 8.14. The van der Waals surface area contributed by atoms with Crippen LogP contribution in [0.3, 0.4) is 0 Å². The summed E-state index contributed by atoms with van der Waals surface area (Å²) in [5.74, 6) is 8.22. The fraction of sp³-hybridized carbons (Fsp3) is 0.476. The molecule has 3 rings (SSSR count). The molecule has 0 saturated carbocycles. The number of nitrogens with zero attached hydrogens (tertiary/aromatic N) is 4. The Kier molecular flexibility index (Phi) is 6.79. The zero-order chi connectivity index (χ0) is 22.1. The zero-order valence-electron chi connectivity index (χ0n) is 17.9. The molecule has 1 aromatic carbocycles. The molecule has 0 spiro atoms. The molecule has 1 aliphatic rings. The molecule has 7 nitrogen and oxygen atoms in total. The van der Waals surface area contributed by atoms with Gasteiger partial charge in [0, 0.05) is 35.7 Å². The summed E-state index contributed by atoms with van der Waals surface area (Å²) in [6.45, 7) is 9.63. The van der Waals surface area contributed by atoms with E-state index in [0.717, 1.165) is 18.5 Å². The third kappa shape index (κ3) is 5.17. The minimum Gasteiger partial charge on any atom is -0.393 e. The number of nitrogens with two attached hydrogens (primary N) is 2. The maximum Gasteiger partial charge on any atom is 0.186 e. The van der Waals surface area contributed by atoms with Crippen molar-refractivity contribution in [2.75, 3.05) is 28.7 Å². The summed E-state index contributed by atoms with van der Waals surface area (Å²) in [6.07, 6.45) is 0.903. The molecule has 2 aromatic rings. The van der Waals surface area contributed by atoms with E-state index in [1.54, 1.807) is 6.92 Å². The monoisotopic (exact) mass is 448 g/mol. The number of nitrogen functional groups attached to an aromatic ring is 1. The van der Waals surface area contributed by atoms with Gasteiger partial charge in [-0.05, 0) is 18.1 Å². The van der Waals surface area contributed by atoms with E-state index in [9.17, 15) is 4.79 Å². The van der Waals surface area contributed by atoms with Gasteiger partial charge in [-0.15, -0.1) is 0 Å². The largest absolute Gasteiger partial charge is 0.393 e.